The first-order valence-corrected chi connectivity index (χ1v) is 9.71. The van der Waals surface area contributed by atoms with Crippen LogP contribution in [0.2, 0.25) is 0 Å². The molecular formula is C22H25NO6. The van der Waals surface area contributed by atoms with Gasteiger partial charge in [-0.25, -0.2) is 4.79 Å². The van der Waals surface area contributed by atoms with E-state index in [-0.39, 0.29) is 12.3 Å². The number of rotatable bonds is 10. The third-order valence-corrected chi connectivity index (χ3v) is 4.55. The summed E-state index contributed by atoms with van der Waals surface area (Å²) in [6.07, 6.45) is 1.36. The van der Waals surface area contributed by atoms with E-state index >= 15 is 0 Å². The van der Waals surface area contributed by atoms with Crippen molar-refractivity contribution in [3.8, 4) is 17.2 Å². The van der Waals surface area contributed by atoms with E-state index < -0.39 is 12.0 Å². The van der Waals surface area contributed by atoms with Crippen LogP contribution < -0.4 is 19.5 Å². The minimum atomic E-state index is -1.10. The zero-order chi connectivity index (χ0) is 20.6. The van der Waals surface area contributed by atoms with E-state index in [4.69, 9.17) is 14.2 Å². The summed E-state index contributed by atoms with van der Waals surface area (Å²) in [7, 11) is 0. The molecule has 1 amide bonds. The van der Waals surface area contributed by atoms with Gasteiger partial charge in [0, 0.05) is 12.8 Å². The van der Waals surface area contributed by atoms with Gasteiger partial charge in [0.25, 0.3) is 0 Å². The second-order valence-corrected chi connectivity index (χ2v) is 6.64. The molecule has 0 aromatic heterocycles. The summed E-state index contributed by atoms with van der Waals surface area (Å²) < 4.78 is 16.6. The number of aliphatic carboxylic acids is 1. The molecule has 0 radical (unpaired) electrons. The predicted molar refractivity (Wildman–Crippen MR) is 107 cm³/mol. The molecule has 1 unspecified atom stereocenters. The standard InChI is InChI=1S/C22H25NO6/c1-2-27-18-6-3-4-7-19(18)28-12-5-8-20(24)23-21(22(25)26)16-9-10-17-15(14-16)11-13-29-17/h3-4,6-7,9-10,14,21H,2,5,8,11-13H2,1H3,(H,23,24)(H,25,26). The number of fused-ring (bicyclic) bond motifs is 1. The highest BCUT2D eigenvalue weighted by molar-refractivity contribution is 5.84. The molecule has 0 bridgehead atoms. The van der Waals surface area contributed by atoms with Gasteiger partial charge in [-0.2, -0.15) is 0 Å². The molecule has 2 aromatic rings. The molecule has 1 atom stereocenters. The summed E-state index contributed by atoms with van der Waals surface area (Å²) in [5.41, 5.74) is 1.50. The van der Waals surface area contributed by atoms with Crippen molar-refractivity contribution in [1.82, 2.24) is 5.32 Å². The van der Waals surface area contributed by atoms with E-state index in [2.05, 4.69) is 5.32 Å². The highest BCUT2D eigenvalue weighted by atomic mass is 16.5. The van der Waals surface area contributed by atoms with Gasteiger partial charge in [-0.3, -0.25) is 4.79 Å². The highest BCUT2D eigenvalue weighted by Crippen LogP contribution is 2.29. The fourth-order valence-corrected chi connectivity index (χ4v) is 3.17. The molecule has 7 heteroatoms. The van der Waals surface area contributed by atoms with Crippen LogP contribution in [0.3, 0.4) is 0 Å². The lowest BCUT2D eigenvalue weighted by atomic mass is 10.0. The van der Waals surface area contributed by atoms with Crippen molar-refractivity contribution < 1.29 is 28.9 Å². The molecule has 0 spiro atoms. The van der Waals surface area contributed by atoms with E-state index in [0.717, 1.165) is 17.7 Å². The van der Waals surface area contributed by atoms with Gasteiger partial charge in [0.2, 0.25) is 5.91 Å². The third kappa shape index (κ3) is 5.40. The molecule has 1 heterocycles. The molecule has 154 valence electrons. The molecule has 2 aromatic carbocycles. The molecule has 0 saturated heterocycles. The minimum absolute atomic E-state index is 0.161. The summed E-state index contributed by atoms with van der Waals surface area (Å²) in [5.74, 6) is 0.619. The van der Waals surface area contributed by atoms with Crippen molar-refractivity contribution in [2.75, 3.05) is 19.8 Å². The predicted octanol–water partition coefficient (Wildman–Crippen LogP) is 3.12. The number of benzene rings is 2. The number of hydrogen-bond acceptors (Lipinski definition) is 5. The number of ether oxygens (including phenoxy) is 3. The number of carbonyl (C=O) groups excluding carboxylic acids is 1. The molecule has 0 fully saturated rings. The Morgan fingerprint density at radius 1 is 1.17 bits per heavy atom. The number of carbonyl (C=O) groups is 2. The average molecular weight is 399 g/mol. The first-order valence-electron chi connectivity index (χ1n) is 9.71. The summed E-state index contributed by atoms with van der Waals surface area (Å²) in [5, 5.41) is 12.1. The largest absolute Gasteiger partial charge is 0.493 e. The normalized spacial score (nSPS) is 13.1. The Morgan fingerprint density at radius 2 is 1.93 bits per heavy atom. The van der Waals surface area contributed by atoms with Crippen LogP contribution in [0.5, 0.6) is 17.2 Å². The Morgan fingerprint density at radius 3 is 2.66 bits per heavy atom. The molecule has 2 N–H and O–H groups in total. The van der Waals surface area contributed by atoms with Crippen LogP contribution in [0, 0.1) is 0 Å². The lowest BCUT2D eigenvalue weighted by Crippen LogP contribution is -2.33. The van der Waals surface area contributed by atoms with Gasteiger partial charge in [-0.05, 0) is 48.7 Å². The van der Waals surface area contributed by atoms with Gasteiger partial charge in [-0.15, -0.1) is 0 Å². The van der Waals surface area contributed by atoms with E-state index in [9.17, 15) is 14.7 Å². The van der Waals surface area contributed by atoms with Crippen molar-refractivity contribution >= 4 is 11.9 Å². The Labute approximate surface area is 169 Å². The zero-order valence-corrected chi connectivity index (χ0v) is 16.3. The Hall–Kier alpha value is -3.22. The van der Waals surface area contributed by atoms with E-state index in [1.54, 1.807) is 18.2 Å². The van der Waals surface area contributed by atoms with Crippen LogP contribution in [0.1, 0.15) is 36.9 Å². The molecular weight excluding hydrogens is 374 g/mol. The van der Waals surface area contributed by atoms with Gasteiger partial charge >= 0.3 is 5.97 Å². The van der Waals surface area contributed by atoms with Crippen molar-refractivity contribution in [2.24, 2.45) is 0 Å². The maximum atomic E-state index is 12.3. The van der Waals surface area contributed by atoms with Crippen LogP contribution in [0.4, 0.5) is 0 Å². The number of amides is 1. The van der Waals surface area contributed by atoms with E-state index in [1.165, 1.54) is 0 Å². The molecule has 1 aliphatic heterocycles. The second kappa shape index (κ2) is 9.82. The van der Waals surface area contributed by atoms with Crippen LogP contribution in [-0.4, -0.2) is 36.8 Å². The fraction of sp³-hybridized carbons (Fsp3) is 0.364. The lowest BCUT2D eigenvalue weighted by molar-refractivity contribution is -0.142. The maximum absolute atomic E-state index is 12.3. The van der Waals surface area contributed by atoms with Crippen LogP contribution in [0.25, 0.3) is 0 Å². The fourth-order valence-electron chi connectivity index (χ4n) is 3.17. The van der Waals surface area contributed by atoms with Crippen molar-refractivity contribution in [3.63, 3.8) is 0 Å². The first-order chi connectivity index (χ1) is 14.1. The van der Waals surface area contributed by atoms with Crippen LogP contribution in [-0.2, 0) is 16.0 Å². The number of carboxylic acids is 1. The Bertz CT molecular complexity index is 866. The third-order valence-electron chi connectivity index (χ3n) is 4.55. The lowest BCUT2D eigenvalue weighted by Gasteiger charge is -2.16. The summed E-state index contributed by atoms with van der Waals surface area (Å²) in [4.78, 5) is 23.9. The van der Waals surface area contributed by atoms with Gasteiger partial charge in [0.05, 0.1) is 19.8 Å². The summed E-state index contributed by atoms with van der Waals surface area (Å²) in [6.45, 7) is 3.35. The molecule has 0 saturated carbocycles. The Balaban J connectivity index is 1.50. The van der Waals surface area contributed by atoms with Crippen LogP contribution in [0.15, 0.2) is 42.5 Å². The van der Waals surface area contributed by atoms with Gasteiger partial charge < -0.3 is 24.6 Å². The Kier molecular flexibility index (Phi) is 6.94. The second-order valence-electron chi connectivity index (χ2n) is 6.64. The minimum Gasteiger partial charge on any atom is -0.493 e. The number of carboxylic acid groups (broad SMARTS) is 1. The smallest absolute Gasteiger partial charge is 0.330 e. The van der Waals surface area contributed by atoms with Crippen molar-refractivity contribution in [3.05, 3.63) is 53.6 Å². The summed E-state index contributed by atoms with van der Waals surface area (Å²) >= 11 is 0. The average Bonchev–Trinajstić information content (AvgIpc) is 3.18. The quantitative estimate of drug-likeness (QED) is 0.596. The van der Waals surface area contributed by atoms with Gasteiger partial charge in [0.15, 0.2) is 17.5 Å². The maximum Gasteiger partial charge on any atom is 0.330 e. The topological polar surface area (TPSA) is 94.1 Å². The zero-order valence-electron chi connectivity index (χ0n) is 16.3. The molecule has 29 heavy (non-hydrogen) atoms. The monoisotopic (exact) mass is 399 g/mol. The first kappa shape index (κ1) is 20.5. The van der Waals surface area contributed by atoms with E-state index in [0.29, 0.717) is 43.3 Å². The number of para-hydroxylation sites is 2. The SMILES string of the molecule is CCOc1ccccc1OCCCC(=O)NC(C(=O)O)c1ccc2c(c1)CCO2. The summed E-state index contributed by atoms with van der Waals surface area (Å²) in [6, 6.07) is 11.5. The molecule has 3 rings (SSSR count). The van der Waals surface area contributed by atoms with Gasteiger partial charge in [-0.1, -0.05) is 18.2 Å². The van der Waals surface area contributed by atoms with Crippen LogP contribution >= 0.6 is 0 Å². The van der Waals surface area contributed by atoms with Crippen molar-refractivity contribution in [1.29, 1.82) is 0 Å². The number of hydrogen-bond donors (Lipinski definition) is 2. The van der Waals surface area contributed by atoms with E-state index in [1.807, 2.05) is 31.2 Å². The molecule has 0 aliphatic carbocycles. The number of nitrogens with one attached hydrogen (secondary N) is 1. The molecule has 7 nitrogen and oxygen atoms in total. The molecule has 1 aliphatic rings. The van der Waals surface area contributed by atoms with Crippen molar-refractivity contribution in [2.45, 2.75) is 32.2 Å². The van der Waals surface area contributed by atoms with Gasteiger partial charge in [0.1, 0.15) is 5.75 Å². The highest BCUT2D eigenvalue weighted by Gasteiger charge is 2.24.